The second kappa shape index (κ2) is 11.3. The van der Waals surface area contributed by atoms with Gasteiger partial charge in [0, 0.05) is 21.4 Å². The number of hydrogen-bond acceptors (Lipinski definition) is 5. The fraction of sp³-hybridized carbons (Fsp3) is 0.217. The molecule has 0 fully saturated rings. The first-order valence-corrected chi connectivity index (χ1v) is 12.0. The first-order chi connectivity index (χ1) is 15.4. The number of carbonyl (C=O) groups is 2. The summed E-state index contributed by atoms with van der Waals surface area (Å²) in [5.41, 5.74) is 3.47. The Kier molecular flexibility index (Phi) is 8.46. The van der Waals surface area contributed by atoms with Crippen molar-refractivity contribution >= 4 is 51.9 Å². The molecule has 2 N–H and O–H groups in total. The Morgan fingerprint density at radius 2 is 1.84 bits per heavy atom. The van der Waals surface area contributed by atoms with Gasteiger partial charge in [-0.2, -0.15) is 0 Å². The first-order valence-electron chi connectivity index (χ1n) is 9.94. The quantitative estimate of drug-likeness (QED) is 0.231. The van der Waals surface area contributed by atoms with Crippen LogP contribution >= 0.6 is 34.4 Å². The number of hydrogen-bond donors (Lipinski definition) is 2. The number of benzene rings is 2. The highest BCUT2D eigenvalue weighted by Gasteiger charge is 2.16. The van der Waals surface area contributed by atoms with Gasteiger partial charge in [0.1, 0.15) is 0 Å². The molecule has 0 aliphatic rings. The lowest BCUT2D eigenvalue weighted by atomic mass is 10.1. The van der Waals surface area contributed by atoms with Crippen molar-refractivity contribution in [3.8, 4) is 0 Å². The zero-order valence-corrected chi connectivity index (χ0v) is 20.9. The van der Waals surface area contributed by atoms with Crippen molar-refractivity contribution in [1.29, 1.82) is 0 Å². The molecule has 2 amide bonds. The summed E-state index contributed by atoms with van der Waals surface area (Å²) in [4.78, 5) is 24.9. The molecular formula is C23H24IN5O2S. The van der Waals surface area contributed by atoms with E-state index in [-0.39, 0.29) is 24.1 Å². The fourth-order valence-electron chi connectivity index (χ4n) is 3.13. The van der Waals surface area contributed by atoms with Crippen LogP contribution in [-0.2, 0) is 17.9 Å². The van der Waals surface area contributed by atoms with E-state index in [9.17, 15) is 9.59 Å². The summed E-state index contributed by atoms with van der Waals surface area (Å²) in [7, 11) is 0. The number of rotatable bonds is 9. The summed E-state index contributed by atoms with van der Waals surface area (Å²) in [6.45, 7) is 8.45. The van der Waals surface area contributed by atoms with Crippen molar-refractivity contribution < 1.29 is 9.59 Å². The van der Waals surface area contributed by atoms with Gasteiger partial charge in [-0.25, -0.2) is 0 Å². The van der Waals surface area contributed by atoms with Gasteiger partial charge in [-0.05, 0) is 71.8 Å². The molecule has 9 heteroatoms. The third kappa shape index (κ3) is 6.19. The minimum Gasteiger partial charge on any atom is -0.345 e. The van der Waals surface area contributed by atoms with E-state index in [4.69, 9.17) is 0 Å². The van der Waals surface area contributed by atoms with Gasteiger partial charge in [-0.3, -0.25) is 9.59 Å². The molecule has 166 valence electrons. The van der Waals surface area contributed by atoms with Crippen LogP contribution in [0.4, 0.5) is 5.69 Å². The van der Waals surface area contributed by atoms with Crippen LogP contribution in [0.5, 0.6) is 0 Å². The van der Waals surface area contributed by atoms with Crippen molar-refractivity contribution in [3.63, 3.8) is 0 Å². The molecule has 0 saturated heterocycles. The van der Waals surface area contributed by atoms with Crippen LogP contribution in [-0.4, -0.2) is 32.3 Å². The molecule has 0 bridgehead atoms. The fourth-order valence-corrected chi connectivity index (χ4v) is 4.83. The molecule has 1 aromatic heterocycles. The minimum absolute atomic E-state index is 0.116. The maximum absolute atomic E-state index is 12.6. The van der Waals surface area contributed by atoms with Crippen LogP contribution < -0.4 is 10.6 Å². The molecule has 0 atom stereocenters. The van der Waals surface area contributed by atoms with Crippen molar-refractivity contribution in [2.45, 2.75) is 32.1 Å². The van der Waals surface area contributed by atoms with E-state index >= 15 is 0 Å². The van der Waals surface area contributed by atoms with Gasteiger partial charge in [-0.15, -0.1) is 16.8 Å². The smallest absolute Gasteiger partial charge is 0.251 e. The van der Waals surface area contributed by atoms with Gasteiger partial charge in [-0.1, -0.05) is 36.0 Å². The Hall–Kier alpha value is -2.66. The molecule has 0 spiro atoms. The van der Waals surface area contributed by atoms with E-state index in [1.165, 1.54) is 11.8 Å². The zero-order chi connectivity index (χ0) is 23.1. The molecule has 1 heterocycles. The Labute approximate surface area is 205 Å². The van der Waals surface area contributed by atoms with Gasteiger partial charge < -0.3 is 15.2 Å². The molecule has 32 heavy (non-hydrogen) atoms. The maximum Gasteiger partial charge on any atom is 0.251 e. The van der Waals surface area contributed by atoms with E-state index < -0.39 is 0 Å². The van der Waals surface area contributed by atoms with Crippen LogP contribution in [0.25, 0.3) is 0 Å². The molecule has 0 unspecified atom stereocenters. The van der Waals surface area contributed by atoms with Crippen LogP contribution in [0.2, 0.25) is 0 Å². The Balaban J connectivity index is 1.63. The Bertz CT molecular complexity index is 1110. The maximum atomic E-state index is 12.6. The normalized spacial score (nSPS) is 10.6. The number of nitrogens with one attached hydrogen (secondary N) is 2. The molecule has 3 rings (SSSR count). The van der Waals surface area contributed by atoms with Crippen molar-refractivity contribution in [3.05, 3.63) is 81.2 Å². The molecule has 0 radical (unpaired) electrons. The molecule has 7 nitrogen and oxygen atoms in total. The van der Waals surface area contributed by atoms with Crippen LogP contribution in [0.3, 0.4) is 0 Å². The average Bonchev–Trinajstić information content (AvgIpc) is 3.15. The summed E-state index contributed by atoms with van der Waals surface area (Å²) >= 11 is 3.56. The summed E-state index contributed by atoms with van der Waals surface area (Å²) in [5, 5.41) is 14.9. The van der Waals surface area contributed by atoms with E-state index in [1.807, 2.05) is 48.7 Å². The summed E-state index contributed by atoms with van der Waals surface area (Å²) in [6.07, 6.45) is 1.73. The van der Waals surface area contributed by atoms with E-state index in [0.717, 1.165) is 20.4 Å². The largest absolute Gasteiger partial charge is 0.345 e. The first kappa shape index (κ1) is 24.0. The second-order valence-electron chi connectivity index (χ2n) is 7.10. The van der Waals surface area contributed by atoms with Crippen molar-refractivity contribution in [2.24, 2.45) is 0 Å². The lowest BCUT2D eigenvalue weighted by molar-refractivity contribution is -0.113. The average molecular weight is 561 g/mol. The number of amides is 2. The van der Waals surface area contributed by atoms with E-state index in [2.05, 4.69) is 50.0 Å². The Morgan fingerprint density at radius 1 is 1.16 bits per heavy atom. The van der Waals surface area contributed by atoms with Gasteiger partial charge in [0.15, 0.2) is 11.0 Å². The summed E-state index contributed by atoms with van der Waals surface area (Å²) < 4.78 is 2.98. The standard InChI is InChI=1S/C23H24IN5O2S/c1-4-10-29-19(13-25-22(31)17-8-6-5-7-9-17)27-28-23(29)32-14-20(30)26-21-15(2)11-18(24)12-16(21)3/h4-9,11-12H,1,10,13-14H2,2-3H3,(H,25,31)(H,26,30). The number of thioether (sulfide) groups is 1. The van der Waals surface area contributed by atoms with Crippen LogP contribution in [0, 0.1) is 17.4 Å². The highest BCUT2D eigenvalue weighted by Crippen LogP contribution is 2.24. The van der Waals surface area contributed by atoms with Crippen molar-refractivity contribution in [2.75, 3.05) is 11.1 Å². The van der Waals surface area contributed by atoms with E-state index in [1.54, 1.807) is 18.2 Å². The molecule has 0 aliphatic heterocycles. The predicted octanol–water partition coefficient (Wildman–Crippen LogP) is 4.35. The number of allylic oxidation sites excluding steroid dienone is 1. The number of halogens is 1. The van der Waals surface area contributed by atoms with E-state index in [0.29, 0.717) is 23.1 Å². The van der Waals surface area contributed by atoms with Crippen LogP contribution in [0.15, 0.2) is 60.3 Å². The van der Waals surface area contributed by atoms with Crippen molar-refractivity contribution in [1.82, 2.24) is 20.1 Å². The van der Waals surface area contributed by atoms with Gasteiger partial charge in [0.25, 0.3) is 5.91 Å². The molecule has 2 aromatic carbocycles. The molecule has 3 aromatic rings. The molecule has 0 aliphatic carbocycles. The number of nitrogens with zero attached hydrogens (tertiary/aromatic N) is 3. The number of carbonyl (C=O) groups excluding carboxylic acids is 2. The third-order valence-corrected chi connectivity index (χ3v) is 6.23. The van der Waals surface area contributed by atoms with Crippen LogP contribution in [0.1, 0.15) is 27.3 Å². The lowest BCUT2D eigenvalue weighted by Gasteiger charge is -2.12. The highest BCUT2D eigenvalue weighted by molar-refractivity contribution is 14.1. The molecule has 0 saturated carbocycles. The minimum atomic E-state index is -0.185. The number of aryl methyl sites for hydroxylation is 2. The lowest BCUT2D eigenvalue weighted by Crippen LogP contribution is -2.24. The summed E-state index contributed by atoms with van der Waals surface area (Å²) in [6, 6.07) is 13.1. The summed E-state index contributed by atoms with van der Waals surface area (Å²) in [5.74, 6) is 0.489. The predicted molar refractivity (Wildman–Crippen MR) is 136 cm³/mol. The second-order valence-corrected chi connectivity index (χ2v) is 9.29. The monoisotopic (exact) mass is 561 g/mol. The topological polar surface area (TPSA) is 88.9 Å². The number of anilines is 1. The molecular weight excluding hydrogens is 537 g/mol. The van der Waals surface area contributed by atoms with Gasteiger partial charge in [0.2, 0.25) is 5.91 Å². The van der Waals surface area contributed by atoms with Gasteiger partial charge in [0.05, 0.1) is 12.3 Å². The number of aromatic nitrogens is 3. The van der Waals surface area contributed by atoms with Gasteiger partial charge >= 0.3 is 0 Å². The highest BCUT2D eigenvalue weighted by atomic mass is 127. The third-order valence-electron chi connectivity index (χ3n) is 4.64. The Morgan fingerprint density at radius 3 is 2.50 bits per heavy atom. The zero-order valence-electron chi connectivity index (χ0n) is 17.9. The SMILES string of the molecule is C=CCn1c(CNC(=O)c2ccccc2)nnc1SCC(=O)Nc1c(C)cc(I)cc1C.